The summed E-state index contributed by atoms with van der Waals surface area (Å²) in [5.74, 6) is 0. The molecule has 0 amide bonds. The summed E-state index contributed by atoms with van der Waals surface area (Å²) < 4.78 is -4.10. The van der Waals surface area contributed by atoms with Gasteiger partial charge in [-0.2, -0.15) is 0 Å². The van der Waals surface area contributed by atoms with E-state index in [4.69, 9.17) is 23.6 Å². The van der Waals surface area contributed by atoms with Gasteiger partial charge in [-0.3, -0.25) is 0 Å². The van der Waals surface area contributed by atoms with Crippen LogP contribution >= 0.6 is 38.4 Å². The van der Waals surface area contributed by atoms with Gasteiger partial charge >= 0.3 is 0 Å². The van der Waals surface area contributed by atoms with Crippen molar-refractivity contribution in [3.05, 3.63) is 110 Å². The van der Waals surface area contributed by atoms with Crippen LogP contribution in [0.1, 0.15) is 175 Å². The van der Waals surface area contributed by atoms with E-state index in [9.17, 15) is 0 Å². The van der Waals surface area contributed by atoms with Gasteiger partial charge in [-0.15, -0.1) is 28.8 Å². The second-order valence-corrected chi connectivity index (χ2v) is 45.2. The first-order valence-electron chi connectivity index (χ1n) is 18.9. The summed E-state index contributed by atoms with van der Waals surface area (Å²) in [6.45, 7) is 43.2. The molecule has 0 aliphatic carbocycles. The summed E-state index contributed by atoms with van der Waals surface area (Å²) in [6, 6.07) is 21.5. The summed E-state index contributed by atoms with van der Waals surface area (Å²) in [7, 11) is -0.861. The van der Waals surface area contributed by atoms with Crippen LogP contribution in [0.2, 0.25) is 0 Å². The van der Waals surface area contributed by atoms with Crippen LogP contribution in [0.15, 0.2) is 54.6 Å². The minimum Gasteiger partial charge on any atom is -0.138 e. The molecule has 0 nitrogen and oxygen atoms in total. The van der Waals surface area contributed by atoms with Crippen molar-refractivity contribution in [2.75, 3.05) is 0 Å². The maximum atomic E-state index is 7.05. The summed E-state index contributed by atoms with van der Waals surface area (Å²) in [5, 5.41) is 3.18. The molecule has 1 saturated heterocycles. The predicted octanol–water partition coefficient (Wildman–Crippen LogP) is 16.3. The van der Waals surface area contributed by atoms with Gasteiger partial charge in [-0.05, 0) is 43.9 Å². The molecule has 3 aromatic carbocycles. The zero-order valence-electron chi connectivity index (χ0n) is 35.4. The number of fused-ring (bicyclic) bond motifs is 1. The van der Waals surface area contributed by atoms with Crippen LogP contribution in [0.5, 0.6) is 0 Å². The second-order valence-electron chi connectivity index (χ2n) is 21.3. The molecule has 0 radical (unpaired) electrons. The zero-order chi connectivity index (χ0) is 39.4. The predicted molar refractivity (Wildman–Crippen MR) is 252 cm³/mol. The molecule has 0 aromatic heterocycles. The molecule has 3 aliphatic heterocycles. The Bertz CT molecular complexity index is 1930. The SMILES string of the molecule is CC(C)(C)c1cc(C(C)(C)C)c(C2=[P+](Cc3ccccc3)[C-](c3c(C(C)(C)C)cc(C(C)(C)C)cc3C(C)(C)C)P3(=S)SP2(=S)S3)c(C(C)(C)C)c1. The molecule has 1 atom stereocenters. The fourth-order valence-electron chi connectivity index (χ4n) is 7.30. The van der Waals surface area contributed by atoms with Crippen molar-refractivity contribution in [3.63, 3.8) is 0 Å². The zero-order valence-corrected chi connectivity index (χ0v) is 41.3. The largest absolute Gasteiger partial charge is 0.173 e. The molecule has 1 unspecified atom stereocenters. The molecule has 0 N–H and O–H groups in total. The van der Waals surface area contributed by atoms with E-state index in [2.05, 4.69) is 201 Å². The summed E-state index contributed by atoms with van der Waals surface area (Å²) in [5.41, 5.74) is 12.8. The molecule has 7 heteroatoms. The first kappa shape index (κ1) is 42.8. The third-order valence-corrected chi connectivity index (χ3v) is 48.5. The van der Waals surface area contributed by atoms with Crippen molar-refractivity contribution >= 4 is 67.1 Å². The Morgan fingerprint density at radius 1 is 0.538 bits per heavy atom. The second kappa shape index (κ2) is 13.7. The molecule has 6 rings (SSSR count). The quantitative estimate of drug-likeness (QED) is 0.190. The average Bonchev–Trinajstić information content (AvgIpc) is 2.93. The van der Waals surface area contributed by atoms with Crippen LogP contribution in [-0.2, 0) is 62.3 Å². The van der Waals surface area contributed by atoms with Gasteiger partial charge in [0, 0.05) is 5.56 Å². The maximum absolute atomic E-state index is 7.05. The lowest BCUT2D eigenvalue weighted by atomic mass is 9.72. The molecule has 3 heterocycles. The van der Waals surface area contributed by atoms with Gasteiger partial charge in [0.1, 0.15) is 10.6 Å². The highest BCUT2D eigenvalue weighted by Gasteiger charge is 2.63. The van der Waals surface area contributed by atoms with E-state index in [-0.39, 0.29) is 32.5 Å². The van der Waals surface area contributed by atoms with Gasteiger partial charge in [-0.25, -0.2) is 0 Å². The van der Waals surface area contributed by atoms with Gasteiger partial charge in [-0.1, -0.05) is 229 Å². The third-order valence-electron chi connectivity index (χ3n) is 10.3. The smallest absolute Gasteiger partial charge is 0.138 e. The molecular weight excluding hydrogens is 762 g/mol. The van der Waals surface area contributed by atoms with Crippen LogP contribution in [0.4, 0.5) is 0 Å². The van der Waals surface area contributed by atoms with Gasteiger partial charge in [0.25, 0.3) is 0 Å². The van der Waals surface area contributed by atoms with Crippen LogP contribution in [0.25, 0.3) is 0 Å². The lowest BCUT2D eigenvalue weighted by Crippen LogP contribution is -2.29. The fourth-order valence-corrected chi connectivity index (χ4v) is 63.1. The molecule has 3 aliphatic rings. The average molecular weight is 827 g/mol. The first-order valence-corrected chi connectivity index (χ1v) is 30.1. The van der Waals surface area contributed by atoms with E-state index in [0.717, 1.165) is 6.16 Å². The van der Waals surface area contributed by atoms with Gasteiger partial charge in [0.2, 0.25) is 0 Å². The molecule has 284 valence electrons. The van der Waals surface area contributed by atoms with E-state index < -0.39 is 16.4 Å². The Morgan fingerprint density at radius 2 is 0.904 bits per heavy atom. The van der Waals surface area contributed by atoms with Crippen molar-refractivity contribution in [3.8, 4) is 0 Å². The standard InChI is InChI=1S/C45H65P3S4/c1-40(2,3)30-24-32(42(7,8)9)36(33(25-30)43(10,11)12)38-46(28-29-22-20-19-21-23-29)39(48(50)51-47(38,49)52-48)37-34(44(13,14)15)26-31(41(4,5)6)27-35(37)45(16,17)18/h19-27H,28H2,1-18H3. The lowest BCUT2D eigenvalue weighted by Gasteiger charge is -2.53. The van der Waals surface area contributed by atoms with Gasteiger partial charge in [0.05, 0.1) is 17.4 Å². The molecule has 0 spiro atoms. The van der Waals surface area contributed by atoms with E-state index in [1.165, 1.54) is 50.1 Å². The molecule has 0 saturated carbocycles. The Balaban J connectivity index is 2.08. The van der Waals surface area contributed by atoms with E-state index in [1.807, 2.05) is 0 Å². The molecule has 2 bridgehead atoms. The summed E-state index contributed by atoms with van der Waals surface area (Å²) in [6.07, 6.45) is 0.987. The first-order chi connectivity index (χ1) is 23.3. The highest BCUT2D eigenvalue weighted by atomic mass is 33.7. The Kier molecular flexibility index (Phi) is 11.3. The number of hydrogen-bond acceptors (Lipinski definition) is 4. The van der Waals surface area contributed by atoms with E-state index in [0.29, 0.717) is 0 Å². The lowest BCUT2D eigenvalue weighted by molar-refractivity contribution is 0.544. The van der Waals surface area contributed by atoms with Crippen LogP contribution in [0.3, 0.4) is 0 Å². The van der Waals surface area contributed by atoms with Gasteiger partial charge in [0.15, 0.2) is 5.03 Å². The Hall–Kier alpha value is -0.300. The molecule has 1 fully saturated rings. The summed E-state index contributed by atoms with van der Waals surface area (Å²) in [4.78, 5) is 0. The molecular formula is C45H65P3S4. The van der Waals surface area contributed by atoms with Gasteiger partial charge < -0.3 is 0 Å². The van der Waals surface area contributed by atoms with E-state index >= 15 is 0 Å². The topological polar surface area (TPSA) is 0 Å². The number of benzene rings is 3. The Morgan fingerprint density at radius 3 is 1.25 bits per heavy atom. The summed E-state index contributed by atoms with van der Waals surface area (Å²) >= 11 is 18.3. The van der Waals surface area contributed by atoms with Crippen molar-refractivity contribution in [2.45, 2.75) is 163 Å². The third kappa shape index (κ3) is 8.23. The normalized spacial score (nSPS) is 22.5. The van der Waals surface area contributed by atoms with Crippen LogP contribution < -0.4 is 0 Å². The fraction of sp³-hybridized carbons (Fsp3) is 0.556. The monoisotopic (exact) mass is 826 g/mol. The van der Waals surface area contributed by atoms with Crippen molar-refractivity contribution in [1.29, 1.82) is 0 Å². The number of rotatable bonds is 4. The highest BCUT2D eigenvalue weighted by Crippen LogP contribution is 3.14. The van der Waals surface area contributed by atoms with Crippen molar-refractivity contribution in [2.24, 2.45) is 0 Å². The Labute approximate surface area is 338 Å². The maximum Gasteiger partial charge on any atom is 0.173 e. The minimum atomic E-state index is -2.05. The van der Waals surface area contributed by atoms with Crippen LogP contribution in [-0.4, -0.2) is 5.03 Å². The van der Waals surface area contributed by atoms with E-state index in [1.54, 1.807) is 10.4 Å². The minimum absolute atomic E-state index is 0.0297. The molecule has 52 heavy (non-hydrogen) atoms. The van der Waals surface area contributed by atoms with Crippen molar-refractivity contribution in [1.82, 2.24) is 0 Å². The highest BCUT2D eigenvalue weighted by molar-refractivity contribution is 9.49. The molecule has 3 aromatic rings. The van der Waals surface area contributed by atoms with Crippen LogP contribution in [0, 0.1) is 5.40 Å². The van der Waals surface area contributed by atoms with Crippen molar-refractivity contribution < 1.29 is 0 Å². The number of hydrogen-bond donors (Lipinski definition) is 0.